The molecule has 2 aliphatic rings. The van der Waals surface area contributed by atoms with Crippen molar-refractivity contribution in [1.82, 2.24) is 5.32 Å². The average molecular weight is 169 g/mol. The highest BCUT2D eigenvalue weighted by Gasteiger charge is 2.41. The summed E-state index contributed by atoms with van der Waals surface area (Å²) in [5, 5.41) is 3.58. The van der Waals surface area contributed by atoms with Gasteiger partial charge >= 0.3 is 0 Å². The van der Waals surface area contributed by atoms with E-state index in [1.165, 1.54) is 25.7 Å². The summed E-state index contributed by atoms with van der Waals surface area (Å²) in [7, 11) is 0. The van der Waals surface area contributed by atoms with Crippen molar-refractivity contribution in [2.24, 2.45) is 11.8 Å². The third kappa shape index (κ3) is 1.82. The normalized spacial score (nSPS) is 37.8. The number of nitrogens with one attached hydrogen (secondary N) is 1. The standard InChI is InChI=1S/C9H17N.C2H6/c1-2-10-9-6-4-7-3-5-8(7)9;1-2/h7-10H,2-6H2,1H3;1-2H3. The molecule has 0 aromatic rings. The molecule has 0 heterocycles. The summed E-state index contributed by atoms with van der Waals surface area (Å²) < 4.78 is 0. The smallest absolute Gasteiger partial charge is 0.00979 e. The molecule has 12 heavy (non-hydrogen) atoms. The van der Waals surface area contributed by atoms with Crippen LogP contribution in [-0.4, -0.2) is 12.6 Å². The van der Waals surface area contributed by atoms with Crippen molar-refractivity contribution >= 4 is 0 Å². The summed E-state index contributed by atoms with van der Waals surface area (Å²) in [6.45, 7) is 7.37. The third-order valence-corrected chi connectivity index (χ3v) is 3.31. The van der Waals surface area contributed by atoms with Gasteiger partial charge in [-0.05, 0) is 44.1 Å². The molecular formula is C11H23N. The minimum Gasteiger partial charge on any atom is -0.314 e. The van der Waals surface area contributed by atoms with Crippen LogP contribution in [0.25, 0.3) is 0 Å². The van der Waals surface area contributed by atoms with Crippen molar-refractivity contribution in [1.29, 1.82) is 0 Å². The molecule has 0 bridgehead atoms. The van der Waals surface area contributed by atoms with Gasteiger partial charge < -0.3 is 5.32 Å². The lowest BCUT2D eigenvalue weighted by atomic mass is 9.75. The maximum Gasteiger partial charge on any atom is 0.00979 e. The molecule has 1 nitrogen and oxygen atoms in total. The Balaban J connectivity index is 0.000000336. The van der Waals surface area contributed by atoms with E-state index in [1.54, 1.807) is 0 Å². The van der Waals surface area contributed by atoms with E-state index < -0.39 is 0 Å². The van der Waals surface area contributed by atoms with Crippen LogP contribution in [0, 0.1) is 11.8 Å². The quantitative estimate of drug-likeness (QED) is 0.670. The molecule has 2 saturated carbocycles. The predicted octanol–water partition coefficient (Wildman–Crippen LogP) is 2.81. The summed E-state index contributed by atoms with van der Waals surface area (Å²) in [4.78, 5) is 0. The van der Waals surface area contributed by atoms with Crippen LogP contribution in [0.4, 0.5) is 0 Å². The Kier molecular flexibility index (Phi) is 4.07. The zero-order chi connectivity index (χ0) is 8.97. The van der Waals surface area contributed by atoms with Gasteiger partial charge in [0.05, 0.1) is 0 Å². The number of fused-ring (bicyclic) bond motifs is 1. The molecule has 2 rings (SSSR count). The average Bonchev–Trinajstić information content (AvgIpc) is 2.31. The van der Waals surface area contributed by atoms with Crippen LogP contribution < -0.4 is 5.32 Å². The molecular weight excluding hydrogens is 146 g/mol. The first-order chi connectivity index (χ1) is 5.92. The monoisotopic (exact) mass is 169 g/mol. The van der Waals surface area contributed by atoms with Gasteiger partial charge in [0, 0.05) is 6.04 Å². The largest absolute Gasteiger partial charge is 0.314 e. The van der Waals surface area contributed by atoms with Gasteiger partial charge in [-0.25, -0.2) is 0 Å². The van der Waals surface area contributed by atoms with Gasteiger partial charge in [0.15, 0.2) is 0 Å². The van der Waals surface area contributed by atoms with Crippen molar-refractivity contribution < 1.29 is 0 Å². The SMILES string of the molecule is CC.CCNC1CCC2CCC21. The van der Waals surface area contributed by atoms with E-state index in [0.717, 1.165) is 24.4 Å². The van der Waals surface area contributed by atoms with E-state index in [-0.39, 0.29) is 0 Å². The second-order valence-electron chi connectivity index (χ2n) is 3.74. The summed E-state index contributed by atoms with van der Waals surface area (Å²) in [6, 6.07) is 0.892. The van der Waals surface area contributed by atoms with Crippen LogP contribution in [0.3, 0.4) is 0 Å². The van der Waals surface area contributed by atoms with Gasteiger partial charge in [0.1, 0.15) is 0 Å². The zero-order valence-corrected chi connectivity index (χ0v) is 8.77. The first-order valence-corrected chi connectivity index (χ1v) is 5.65. The molecule has 1 heteroatoms. The van der Waals surface area contributed by atoms with Crippen LogP contribution in [0.15, 0.2) is 0 Å². The minimum absolute atomic E-state index is 0.892. The van der Waals surface area contributed by atoms with Crippen LogP contribution in [0.2, 0.25) is 0 Å². The number of hydrogen-bond donors (Lipinski definition) is 1. The molecule has 0 spiro atoms. The third-order valence-electron chi connectivity index (χ3n) is 3.31. The van der Waals surface area contributed by atoms with Crippen LogP contribution >= 0.6 is 0 Å². The molecule has 0 aliphatic heterocycles. The topological polar surface area (TPSA) is 12.0 Å². The molecule has 1 N–H and O–H groups in total. The summed E-state index contributed by atoms with van der Waals surface area (Å²) in [6.07, 6.45) is 5.97. The van der Waals surface area contributed by atoms with E-state index in [2.05, 4.69) is 12.2 Å². The van der Waals surface area contributed by atoms with Crippen molar-refractivity contribution in [2.75, 3.05) is 6.54 Å². The summed E-state index contributed by atoms with van der Waals surface area (Å²) in [5.41, 5.74) is 0. The number of hydrogen-bond acceptors (Lipinski definition) is 1. The lowest BCUT2D eigenvalue weighted by Gasteiger charge is -2.34. The van der Waals surface area contributed by atoms with Gasteiger partial charge in [-0.3, -0.25) is 0 Å². The Morgan fingerprint density at radius 3 is 2.17 bits per heavy atom. The number of rotatable bonds is 2. The Morgan fingerprint density at radius 2 is 1.75 bits per heavy atom. The van der Waals surface area contributed by atoms with E-state index in [4.69, 9.17) is 0 Å². The highest BCUT2D eigenvalue weighted by Crippen LogP contribution is 2.46. The second-order valence-corrected chi connectivity index (χ2v) is 3.74. The Bertz CT molecular complexity index is 120. The van der Waals surface area contributed by atoms with E-state index in [1.807, 2.05) is 13.8 Å². The first kappa shape index (κ1) is 10.0. The molecule has 0 saturated heterocycles. The first-order valence-electron chi connectivity index (χ1n) is 5.65. The fraction of sp³-hybridized carbons (Fsp3) is 1.00. The Hall–Kier alpha value is -0.0400. The molecule has 2 fully saturated rings. The van der Waals surface area contributed by atoms with Gasteiger partial charge in [-0.15, -0.1) is 0 Å². The Morgan fingerprint density at radius 1 is 1.08 bits per heavy atom. The lowest BCUT2D eigenvalue weighted by Crippen LogP contribution is -2.38. The molecule has 2 aliphatic carbocycles. The maximum atomic E-state index is 3.58. The van der Waals surface area contributed by atoms with Crippen LogP contribution in [0.5, 0.6) is 0 Å². The molecule has 0 aromatic carbocycles. The molecule has 0 radical (unpaired) electrons. The van der Waals surface area contributed by atoms with E-state index in [0.29, 0.717) is 0 Å². The van der Waals surface area contributed by atoms with Crippen molar-refractivity contribution in [3.8, 4) is 0 Å². The van der Waals surface area contributed by atoms with E-state index in [9.17, 15) is 0 Å². The van der Waals surface area contributed by atoms with Crippen LogP contribution in [0.1, 0.15) is 46.5 Å². The van der Waals surface area contributed by atoms with Gasteiger partial charge in [0.25, 0.3) is 0 Å². The molecule has 0 aromatic heterocycles. The highest BCUT2D eigenvalue weighted by atomic mass is 14.9. The van der Waals surface area contributed by atoms with Gasteiger partial charge in [-0.2, -0.15) is 0 Å². The fourth-order valence-electron chi connectivity index (χ4n) is 2.61. The minimum atomic E-state index is 0.892. The van der Waals surface area contributed by atoms with E-state index >= 15 is 0 Å². The van der Waals surface area contributed by atoms with Crippen LogP contribution in [-0.2, 0) is 0 Å². The Labute approximate surface area is 76.9 Å². The lowest BCUT2D eigenvalue weighted by molar-refractivity contribution is 0.187. The molecule has 72 valence electrons. The van der Waals surface area contributed by atoms with Crippen molar-refractivity contribution in [3.05, 3.63) is 0 Å². The second kappa shape index (κ2) is 4.86. The fourth-order valence-corrected chi connectivity index (χ4v) is 2.61. The zero-order valence-electron chi connectivity index (χ0n) is 8.77. The summed E-state index contributed by atoms with van der Waals surface area (Å²) in [5.74, 6) is 2.18. The summed E-state index contributed by atoms with van der Waals surface area (Å²) >= 11 is 0. The molecule has 0 amide bonds. The molecule has 3 atom stereocenters. The highest BCUT2D eigenvalue weighted by molar-refractivity contribution is 4.95. The predicted molar refractivity (Wildman–Crippen MR) is 54.3 cm³/mol. The van der Waals surface area contributed by atoms with Crippen molar-refractivity contribution in [2.45, 2.75) is 52.5 Å². The molecule has 3 unspecified atom stereocenters. The van der Waals surface area contributed by atoms with Gasteiger partial charge in [-0.1, -0.05) is 20.8 Å². The van der Waals surface area contributed by atoms with Gasteiger partial charge in [0.2, 0.25) is 0 Å². The van der Waals surface area contributed by atoms with Crippen molar-refractivity contribution in [3.63, 3.8) is 0 Å². The maximum absolute atomic E-state index is 3.58.